The number of aryl methyl sites for hydroxylation is 1. The van der Waals surface area contributed by atoms with Gasteiger partial charge in [0.1, 0.15) is 11.6 Å². The predicted molar refractivity (Wildman–Crippen MR) is 124 cm³/mol. The average molecular weight is 433 g/mol. The lowest BCUT2D eigenvalue weighted by molar-refractivity contribution is 0.0517. The first-order chi connectivity index (χ1) is 15.6. The maximum Gasteiger partial charge on any atom is 0.123 e. The van der Waals surface area contributed by atoms with Crippen molar-refractivity contribution in [2.45, 2.75) is 45.4 Å². The summed E-state index contributed by atoms with van der Waals surface area (Å²) in [4.78, 5) is 0. The third kappa shape index (κ3) is 5.00. The van der Waals surface area contributed by atoms with Crippen molar-refractivity contribution in [1.82, 2.24) is 9.78 Å². The van der Waals surface area contributed by atoms with E-state index in [1.165, 1.54) is 11.6 Å². The Hall–Kier alpha value is -3.18. The first kappa shape index (κ1) is 22.0. The topological polar surface area (TPSA) is 36.3 Å². The lowest BCUT2D eigenvalue weighted by atomic mass is 9.86. The second-order valence-corrected chi connectivity index (χ2v) is 8.06. The molecular weight excluding hydrogens is 403 g/mol. The van der Waals surface area contributed by atoms with E-state index in [4.69, 9.17) is 9.47 Å². The van der Waals surface area contributed by atoms with Crippen LogP contribution in [-0.4, -0.2) is 16.9 Å². The Bertz CT molecular complexity index is 1120. The average Bonchev–Trinajstić information content (AvgIpc) is 3.45. The van der Waals surface area contributed by atoms with Gasteiger partial charge in [-0.2, -0.15) is 5.10 Å². The second-order valence-electron chi connectivity index (χ2n) is 8.06. The minimum absolute atomic E-state index is 0.00620. The fraction of sp³-hybridized carbons (Fsp3) is 0.296. The zero-order chi connectivity index (χ0) is 22.5. The first-order valence-electron chi connectivity index (χ1n) is 11.0. The molecule has 0 radical (unpaired) electrons. The SMILES string of the molecule is CCn1cc(CC2=CC(OC)=CC2c2ccc(F)cc2[C@@H](C)OCc2ccccc2)cn1. The number of nitrogens with zero attached hydrogens (tertiary/aromatic N) is 2. The smallest absolute Gasteiger partial charge is 0.123 e. The molecule has 2 atom stereocenters. The molecule has 2 aromatic carbocycles. The van der Waals surface area contributed by atoms with E-state index in [-0.39, 0.29) is 17.8 Å². The summed E-state index contributed by atoms with van der Waals surface area (Å²) in [6, 6.07) is 15.0. The van der Waals surface area contributed by atoms with Crippen LogP contribution in [0.5, 0.6) is 0 Å². The number of halogens is 1. The van der Waals surface area contributed by atoms with E-state index >= 15 is 0 Å². The van der Waals surface area contributed by atoms with Crippen LogP contribution in [0.25, 0.3) is 0 Å². The van der Waals surface area contributed by atoms with Crippen molar-refractivity contribution in [2.75, 3.05) is 7.11 Å². The molecule has 0 bridgehead atoms. The van der Waals surface area contributed by atoms with Crippen molar-refractivity contribution >= 4 is 0 Å². The standard InChI is InChI=1S/C27H29FN2O2/c1-4-30-17-21(16-29-30)12-22-13-24(31-3)15-27(22)25-11-10-23(28)14-26(25)19(2)32-18-20-8-6-5-7-9-20/h5-11,13-17,19,27H,4,12,18H2,1-3H3/t19-,27?/m1/s1. The quantitative estimate of drug-likeness (QED) is 0.409. The highest BCUT2D eigenvalue weighted by atomic mass is 19.1. The molecule has 0 spiro atoms. The van der Waals surface area contributed by atoms with Gasteiger partial charge < -0.3 is 9.47 Å². The van der Waals surface area contributed by atoms with Crippen LogP contribution in [0.3, 0.4) is 0 Å². The van der Waals surface area contributed by atoms with Crippen molar-refractivity contribution < 1.29 is 13.9 Å². The largest absolute Gasteiger partial charge is 0.497 e. The van der Waals surface area contributed by atoms with E-state index in [0.29, 0.717) is 6.61 Å². The molecule has 0 aliphatic heterocycles. The van der Waals surface area contributed by atoms with E-state index in [9.17, 15) is 4.39 Å². The molecule has 1 aromatic heterocycles. The van der Waals surface area contributed by atoms with E-state index in [2.05, 4.69) is 30.4 Å². The van der Waals surface area contributed by atoms with Crippen LogP contribution in [0.1, 0.15) is 48.1 Å². The number of hydrogen-bond acceptors (Lipinski definition) is 3. The molecule has 0 fully saturated rings. The Morgan fingerprint density at radius 2 is 1.94 bits per heavy atom. The van der Waals surface area contributed by atoms with Crippen LogP contribution in [0.2, 0.25) is 0 Å². The molecule has 3 aromatic rings. The van der Waals surface area contributed by atoms with Gasteiger partial charge in [-0.15, -0.1) is 0 Å². The van der Waals surface area contributed by atoms with Crippen molar-refractivity contribution in [2.24, 2.45) is 0 Å². The normalized spacial score (nSPS) is 16.6. The highest BCUT2D eigenvalue weighted by Crippen LogP contribution is 2.39. The van der Waals surface area contributed by atoms with Gasteiger partial charge >= 0.3 is 0 Å². The molecule has 4 rings (SSSR count). The van der Waals surface area contributed by atoms with Crippen molar-refractivity contribution in [3.05, 3.63) is 112 Å². The highest BCUT2D eigenvalue weighted by molar-refractivity contribution is 5.48. The summed E-state index contributed by atoms with van der Waals surface area (Å²) in [5.74, 6) is 0.553. The summed E-state index contributed by atoms with van der Waals surface area (Å²) in [5, 5.41) is 4.40. The van der Waals surface area contributed by atoms with Crippen molar-refractivity contribution in [3.8, 4) is 0 Å². The minimum atomic E-state index is -0.261. The van der Waals surface area contributed by atoms with Gasteiger partial charge in [0.2, 0.25) is 0 Å². The van der Waals surface area contributed by atoms with E-state index in [1.807, 2.05) is 54.2 Å². The van der Waals surface area contributed by atoms with Crippen LogP contribution in [0.15, 0.2) is 84.4 Å². The highest BCUT2D eigenvalue weighted by Gasteiger charge is 2.26. The molecule has 1 heterocycles. The van der Waals surface area contributed by atoms with Crippen molar-refractivity contribution in [3.63, 3.8) is 0 Å². The molecule has 1 aliphatic rings. The summed E-state index contributed by atoms with van der Waals surface area (Å²) in [6.07, 6.45) is 8.65. The van der Waals surface area contributed by atoms with Crippen LogP contribution in [0.4, 0.5) is 4.39 Å². The number of methoxy groups -OCH3 is 1. The molecule has 32 heavy (non-hydrogen) atoms. The van der Waals surface area contributed by atoms with Gasteiger partial charge in [0.15, 0.2) is 0 Å². The lowest BCUT2D eigenvalue weighted by Crippen LogP contribution is -2.09. The van der Waals surface area contributed by atoms with Gasteiger partial charge in [-0.1, -0.05) is 42.0 Å². The maximum atomic E-state index is 14.3. The van der Waals surface area contributed by atoms with Gasteiger partial charge in [-0.3, -0.25) is 4.68 Å². The number of aromatic nitrogens is 2. The predicted octanol–water partition coefficient (Wildman–Crippen LogP) is 6.12. The molecule has 1 aliphatic carbocycles. The molecular formula is C27H29FN2O2. The molecule has 5 heteroatoms. The molecule has 0 saturated heterocycles. The number of ether oxygens (including phenoxy) is 2. The van der Waals surface area contributed by atoms with Gasteiger partial charge in [-0.25, -0.2) is 4.39 Å². The minimum Gasteiger partial charge on any atom is -0.497 e. The first-order valence-corrected chi connectivity index (χ1v) is 11.0. The summed E-state index contributed by atoms with van der Waals surface area (Å²) in [5.41, 5.74) is 5.32. The molecule has 0 amide bonds. The van der Waals surface area contributed by atoms with Gasteiger partial charge in [0, 0.05) is 18.7 Å². The number of allylic oxidation sites excluding steroid dienone is 3. The third-order valence-electron chi connectivity index (χ3n) is 5.88. The Morgan fingerprint density at radius 1 is 1.12 bits per heavy atom. The number of hydrogen-bond donors (Lipinski definition) is 0. The maximum absolute atomic E-state index is 14.3. The van der Waals surface area contributed by atoms with E-state index < -0.39 is 0 Å². The molecule has 1 unspecified atom stereocenters. The second kappa shape index (κ2) is 9.96. The molecule has 4 nitrogen and oxygen atoms in total. The number of rotatable bonds is 9. The zero-order valence-corrected chi connectivity index (χ0v) is 18.8. The van der Waals surface area contributed by atoms with Gasteiger partial charge in [0.25, 0.3) is 0 Å². The lowest BCUT2D eigenvalue weighted by Gasteiger charge is -2.22. The Morgan fingerprint density at radius 3 is 2.66 bits per heavy atom. The third-order valence-corrected chi connectivity index (χ3v) is 5.88. The molecule has 0 saturated carbocycles. The summed E-state index contributed by atoms with van der Waals surface area (Å²) >= 11 is 0. The molecule has 0 N–H and O–H groups in total. The van der Waals surface area contributed by atoms with Crippen LogP contribution < -0.4 is 0 Å². The van der Waals surface area contributed by atoms with E-state index in [0.717, 1.165) is 41.0 Å². The summed E-state index contributed by atoms with van der Waals surface area (Å²) in [7, 11) is 1.68. The zero-order valence-electron chi connectivity index (χ0n) is 18.8. The van der Waals surface area contributed by atoms with Crippen LogP contribution in [0, 0.1) is 5.82 Å². The Balaban J connectivity index is 1.60. The van der Waals surface area contributed by atoms with Gasteiger partial charge in [-0.05, 0) is 66.8 Å². The van der Waals surface area contributed by atoms with E-state index in [1.54, 1.807) is 13.2 Å². The van der Waals surface area contributed by atoms with Crippen molar-refractivity contribution in [1.29, 1.82) is 0 Å². The Labute approximate surface area is 189 Å². The van der Waals surface area contributed by atoms with Crippen LogP contribution in [-0.2, 0) is 29.0 Å². The Kier molecular flexibility index (Phi) is 6.86. The van der Waals surface area contributed by atoms with Crippen LogP contribution >= 0.6 is 0 Å². The summed E-state index contributed by atoms with van der Waals surface area (Å²) in [6.45, 7) is 5.36. The fourth-order valence-electron chi connectivity index (χ4n) is 4.14. The number of benzene rings is 2. The van der Waals surface area contributed by atoms with Gasteiger partial charge in [0.05, 0.1) is 26.0 Å². The summed E-state index contributed by atoms with van der Waals surface area (Å²) < 4.78 is 27.9. The molecule has 166 valence electrons. The monoisotopic (exact) mass is 432 g/mol. The fourth-order valence-corrected chi connectivity index (χ4v) is 4.14.